The molecule has 0 rings (SSSR count). The number of rotatable bonds is 15. The van der Waals surface area contributed by atoms with E-state index in [-0.39, 0.29) is 0 Å². The zero-order valence-electron chi connectivity index (χ0n) is 18.3. The van der Waals surface area contributed by atoms with Crippen molar-refractivity contribution >= 4 is 0 Å². The number of hydrogen-bond acceptors (Lipinski definition) is 5. The van der Waals surface area contributed by atoms with Crippen molar-refractivity contribution in [3.8, 4) is 0 Å². The first-order valence-electron chi connectivity index (χ1n) is 10.9. The first kappa shape index (κ1) is 34.6. The predicted octanol–water partition coefficient (Wildman–Crippen LogP) is 5.61. The van der Waals surface area contributed by atoms with Crippen LogP contribution in [0.4, 0.5) is 0 Å². The fourth-order valence-electron chi connectivity index (χ4n) is 2.15. The summed E-state index contributed by atoms with van der Waals surface area (Å²) in [5.41, 5.74) is 0. The molecule has 0 saturated carbocycles. The molecule has 0 bridgehead atoms. The van der Waals surface area contributed by atoms with Crippen molar-refractivity contribution in [3.05, 3.63) is 0 Å². The first-order valence-corrected chi connectivity index (χ1v) is 12.1. The third kappa shape index (κ3) is 66.5. The number of unbranched alkanes of at least 4 members (excludes halogenated alkanes) is 12. The Hall–Kier alpha value is 0.0644. The van der Waals surface area contributed by atoms with Crippen LogP contribution in [0, 0.1) is 0 Å². The third-order valence-corrected chi connectivity index (χ3v) is 3.79. The van der Waals surface area contributed by atoms with Gasteiger partial charge in [-0.15, -0.1) is 0 Å². The van der Waals surface area contributed by atoms with Crippen molar-refractivity contribution in [1.29, 1.82) is 0 Å². The molecule has 0 fully saturated rings. The monoisotopic (exact) mass is 431 g/mol. The van der Waals surface area contributed by atoms with Gasteiger partial charge in [0.25, 0.3) is 0 Å². The molecule has 3 N–H and O–H groups in total. The average Bonchev–Trinajstić information content (AvgIpc) is 2.68. The molecule has 0 radical (unpaired) electrons. The van der Waals surface area contributed by atoms with Crippen molar-refractivity contribution in [2.24, 2.45) is 0 Å². The summed E-state index contributed by atoms with van der Waals surface area (Å²) >= 11 is -1.81. The van der Waals surface area contributed by atoms with Crippen molar-refractivity contribution < 1.29 is 38.8 Å². The average molecular weight is 432 g/mol. The molecule has 0 saturated heterocycles. The second-order valence-electron chi connectivity index (χ2n) is 6.49. The Kier molecular flexibility index (Phi) is 57.7. The van der Waals surface area contributed by atoms with Gasteiger partial charge in [0.1, 0.15) is 0 Å². The van der Waals surface area contributed by atoms with E-state index in [1.165, 1.54) is 77.0 Å². The first-order chi connectivity index (χ1) is 13.2. The van der Waals surface area contributed by atoms with Crippen LogP contribution < -0.4 is 0 Å². The molecule has 167 valence electrons. The summed E-state index contributed by atoms with van der Waals surface area (Å²) in [6.07, 6.45) is 18.2. The van der Waals surface area contributed by atoms with Gasteiger partial charge in [0, 0.05) is 19.8 Å². The summed E-state index contributed by atoms with van der Waals surface area (Å²) in [7, 11) is 0. The molecule has 0 aliphatic rings. The Bertz CT molecular complexity index is 188. The van der Waals surface area contributed by atoms with Gasteiger partial charge < -0.3 is 15.3 Å². The quantitative estimate of drug-likeness (QED) is 0.293. The normalized spacial score (nSPS) is 8.96. The van der Waals surface area contributed by atoms with Crippen LogP contribution in [0.1, 0.15) is 117 Å². The predicted molar refractivity (Wildman–Crippen MR) is 109 cm³/mol. The van der Waals surface area contributed by atoms with Gasteiger partial charge >= 0.3 is 23.5 Å². The van der Waals surface area contributed by atoms with Crippen molar-refractivity contribution in [2.45, 2.75) is 117 Å². The SMILES string of the molecule is CCCCCCCO.CCCCCCCO.CCCCCCCO.[O]=[V]=[O]. The molecule has 27 heavy (non-hydrogen) atoms. The van der Waals surface area contributed by atoms with Crippen LogP contribution in [0.5, 0.6) is 0 Å². The standard InChI is InChI=1S/3C7H16O.2O.V/c3*1-2-3-4-5-6-7-8;;;/h3*8H,2-7H2,1H3;;;. The Balaban J connectivity index is -0.000000137. The molecule has 0 aliphatic heterocycles. The van der Waals surface area contributed by atoms with Crippen molar-refractivity contribution in [2.75, 3.05) is 19.8 Å². The zero-order chi connectivity index (χ0) is 21.4. The zero-order valence-corrected chi connectivity index (χ0v) is 19.7. The van der Waals surface area contributed by atoms with Gasteiger partial charge in [0.15, 0.2) is 0 Å². The van der Waals surface area contributed by atoms with Gasteiger partial charge in [0.05, 0.1) is 0 Å². The molecule has 0 heterocycles. The Morgan fingerprint density at radius 2 is 0.630 bits per heavy atom. The van der Waals surface area contributed by atoms with Crippen LogP contribution in [0.2, 0.25) is 0 Å². The number of hydrogen-bond donors (Lipinski definition) is 3. The molecule has 0 aliphatic carbocycles. The Morgan fingerprint density at radius 3 is 0.778 bits per heavy atom. The number of aliphatic hydroxyl groups excluding tert-OH is 3. The maximum absolute atomic E-state index is 8.47. The minimum atomic E-state index is -1.81. The van der Waals surface area contributed by atoms with E-state index in [2.05, 4.69) is 20.8 Å². The van der Waals surface area contributed by atoms with Crippen LogP contribution >= 0.6 is 0 Å². The fraction of sp³-hybridized carbons (Fsp3) is 1.00. The number of aliphatic hydroxyl groups is 3. The van der Waals surface area contributed by atoms with E-state index in [1.807, 2.05) is 0 Å². The van der Waals surface area contributed by atoms with E-state index in [0.29, 0.717) is 19.8 Å². The molecule has 6 heteroatoms. The second-order valence-corrected chi connectivity index (χ2v) is 6.72. The second kappa shape index (κ2) is 45.1. The van der Waals surface area contributed by atoms with Crippen LogP contribution in [-0.4, -0.2) is 35.1 Å². The summed E-state index contributed by atoms with van der Waals surface area (Å²) in [5.74, 6) is 0. The molecule has 0 aromatic heterocycles. The summed E-state index contributed by atoms with van der Waals surface area (Å²) in [4.78, 5) is 0. The van der Waals surface area contributed by atoms with Gasteiger partial charge in [-0.1, -0.05) is 97.8 Å². The van der Waals surface area contributed by atoms with Gasteiger partial charge in [-0.05, 0) is 19.3 Å². The third-order valence-electron chi connectivity index (χ3n) is 3.79. The molecule has 5 nitrogen and oxygen atoms in total. The molecule has 0 unspecified atom stereocenters. The molecular formula is C21H48O5V. The van der Waals surface area contributed by atoms with E-state index in [1.54, 1.807) is 0 Å². The molecule has 0 aromatic rings. The van der Waals surface area contributed by atoms with Crippen molar-refractivity contribution in [3.63, 3.8) is 0 Å². The van der Waals surface area contributed by atoms with Gasteiger partial charge in [0.2, 0.25) is 0 Å². The fourth-order valence-corrected chi connectivity index (χ4v) is 2.15. The Labute approximate surface area is 175 Å². The van der Waals surface area contributed by atoms with Gasteiger partial charge in [-0.25, -0.2) is 0 Å². The van der Waals surface area contributed by atoms with E-state index >= 15 is 0 Å². The van der Waals surface area contributed by atoms with E-state index in [4.69, 9.17) is 22.7 Å². The minimum absolute atomic E-state index is 0.365. The summed E-state index contributed by atoms with van der Waals surface area (Å²) in [5, 5.41) is 25.1. The summed E-state index contributed by atoms with van der Waals surface area (Å²) < 4.78 is 16.9. The molecule has 0 atom stereocenters. The van der Waals surface area contributed by atoms with Crippen LogP contribution in [0.25, 0.3) is 0 Å². The van der Waals surface area contributed by atoms with Crippen LogP contribution in [0.3, 0.4) is 0 Å². The van der Waals surface area contributed by atoms with Gasteiger partial charge in [-0.2, -0.15) is 0 Å². The van der Waals surface area contributed by atoms with Crippen LogP contribution in [0.15, 0.2) is 0 Å². The molecule has 0 spiro atoms. The van der Waals surface area contributed by atoms with Crippen LogP contribution in [-0.2, 0) is 23.5 Å². The summed E-state index contributed by atoms with van der Waals surface area (Å²) in [6, 6.07) is 0. The Morgan fingerprint density at radius 1 is 0.444 bits per heavy atom. The van der Waals surface area contributed by atoms with E-state index in [9.17, 15) is 0 Å². The maximum atomic E-state index is 8.47. The van der Waals surface area contributed by atoms with E-state index in [0.717, 1.165) is 19.3 Å². The van der Waals surface area contributed by atoms with Crippen molar-refractivity contribution in [1.82, 2.24) is 0 Å². The molecule has 0 amide bonds. The topological polar surface area (TPSA) is 94.8 Å². The molecule has 0 aromatic carbocycles. The summed E-state index contributed by atoms with van der Waals surface area (Å²) in [6.45, 7) is 7.67. The molecular weight excluding hydrogens is 383 g/mol. The van der Waals surface area contributed by atoms with E-state index < -0.39 is 16.2 Å². The van der Waals surface area contributed by atoms with Gasteiger partial charge in [-0.3, -0.25) is 0 Å².